The standard InChI is InChI=1S/C17H27NO2/c1-12-8-9-14(10-13(12)2)20-17(11-18)15-6-4-5-7-16(15)19-3/h4-7,12-14,17H,8-11,18H2,1-3H3. The summed E-state index contributed by atoms with van der Waals surface area (Å²) in [7, 11) is 1.69. The van der Waals surface area contributed by atoms with E-state index in [2.05, 4.69) is 13.8 Å². The van der Waals surface area contributed by atoms with Crippen molar-refractivity contribution in [3.05, 3.63) is 29.8 Å². The van der Waals surface area contributed by atoms with Gasteiger partial charge in [0.15, 0.2) is 0 Å². The van der Waals surface area contributed by atoms with Crippen molar-refractivity contribution in [3.63, 3.8) is 0 Å². The average Bonchev–Trinajstić information content (AvgIpc) is 2.48. The fraction of sp³-hybridized carbons (Fsp3) is 0.647. The highest BCUT2D eigenvalue weighted by Gasteiger charge is 2.28. The van der Waals surface area contributed by atoms with Crippen LogP contribution in [0, 0.1) is 11.8 Å². The van der Waals surface area contributed by atoms with Crippen LogP contribution in [0.15, 0.2) is 24.3 Å². The number of rotatable bonds is 5. The zero-order chi connectivity index (χ0) is 14.5. The van der Waals surface area contributed by atoms with Crippen molar-refractivity contribution in [2.45, 2.75) is 45.3 Å². The maximum absolute atomic E-state index is 6.28. The maximum atomic E-state index is 6.28. The third kappa shape index (κ3) is 3.53. The topological polar surface area (TPSA) is 44.5 Å². The van der Waals surface area contributed by atoms with Gasteiger partial charge in [0, 0.05) is 12.1 Å². The van der Waals surface area contributed by atoms with Crippen LogP contribution in [0.1, 0.15) is 44.8 Å². The van der Waals surface area contributed by atoms with E-state index in [1.807, 2.05) is 24.3 Å². The summed E-state index contributed by atoms with van der Waals surface area (Å²) < 4.78 is 11.7. The second-order valence-electron chi connectivity index (χ2n) is 5.99. The molecule has 0 bridgehead atoms. The van der Waals surface area contributed by atoms with E-state index in [-0.39, 0.29) is 6.10 Å². The number of ether oxygens (including phenoxy) is 2. The third-order valence-corrected chi connectivity index (χ3v) is 4.61. The molecule has 112 valence electrons. The number of hydrogen-bond acceptors (Lipinski definition) is 3. The molecule has 4 atom stereocenters. The number of benzene rings is 1. The Morgan fingerprint density at radius 3 is 2.60 bits per heavy atom. The van der Waals surface area contributed by atoms with Gasteiger partial charge in [-0.1, -0.05) is 32.0 Å². The van der Waals surface area contributed by atoms with Crippen LogP contribution in [-0.2, 0) is 4.74 Å². The number of nitrogens with two attached hydrogens (primary N) is 1. The molecule has 1 aromatic carbocycles. The lowest BCUT2D eigenvalue weighted by Crippen LogP contribution is -2.30. The second-order valence-corrected chi connectivity index (χ2v) is 5.99. The molecule has 0 aromatic heterocycles. The smallest absolute Gasteiger partial charge is 0.124 e. The van der Waals surface area contributed by atoms with E-state index >= 15 is 0 Å². The molecule has 4 unspecified atom stereocenters. The number of hydrogen-bond donors (Lipinski definition) is 1. The van der Waals surface area contributed by atoms with Crippen molar-refractivity contribution in [2.24, 2.45) is 17.6 Å². The van der Waals surface area contributed by atoms with Crippen LogP contribution in [0.4, 0.5) is 0 Å². The van der Waals surface area contributed by atoms with Crippen molar-refractivity contribution in [2.75, 3.05) is 13.7 Å². The molecule has 2 rings (SSSR count). The van der Waals surface area contributed by atoms with Crippen molar-refractivity contribution >= 4 is 0 Å². The normalized spacial score (nSPS) is 28.1. The van der Waals surface area contributed by atoms with Gasteiger partial charge in [-0.2, -0.15) is 0 Å². The van der Waals surface area contributed by atoms with E-state index in [0.717, 1.165) is 36.0 Å². The Hall–Kier alpha value is -1.06. The van der Waals surface area contributed by atoms with Crippen LogP contribution >= 0.6 is 0 Å². The zero-order valence-corrected chi connectivity index (χ0v) is 12.8. The molecule has 2 N–H and O–H groups in total. The molecule has 0 amide bonds. The summed E-state index contributed by atoms with van der Waals surface area (Å²) in [6.07, 6.45) is 3.76. The predicted octanol–water partition coefficient (Wildman–Crippen LogP) is 3.54. The van der Waals surface area contributed by atoms with Crippen molar-refractivity contribution in [3.8, 4) is 5.75 Å². The maximum Gasteiger partial charge on any atom is 0.124 e. The molecule has 1 saturated carbocycles. The molecule has 0 heterocycles. The van der Waals surface area contributed by atoms with Gasteiger partial charge in [0.1, 0.15) is 5.75 Å². The molecular formula is C17H27NO2. The summed E-state index contributed by atoms with van der Waals surface area (Å²) in [4.78, 5) is 0. The molecule has 3 nitrogen and oxygen atoms in total. The average molecular weight is 277 g/mol. The molecular weight excluding hydrogens is 250 g/mol. The SMILES string of the molecule is COc1ccccc1C(CN)OC1CCC(C)C(C)C1. The molecule has 0 aliphatic heterocycles. The van der Waals surface area contributed by atoms with Crippen molar-refractivity contribution < 1.29 is 9.47 Å². The number of methoxy groups -OCH3 is 1. The highest BCUT2D eigenvalue weighted by atomic mass is 16.5. The highest BCUT2D eigenvalue weighted by Crippen LogP contribution is 2.35. The Labute approximate surface area is 122 Å². The molecule has 3 heteroatoms. The molecule has 0 radical (unpaired) electrons. The van der Waals surface area contributed by atoms with Gasteiger partial charge in [-0.3, -0.25) is 0 Å². The first-order valence-electron chi connectivity index (χ1n) is 7.64. The fourth-order valence-electron chi connectivity index (χ4n) is 3.04. The van der Waals surface area contributed by atoms with Crippen LogP contribution in [0.2, 0.25) is 0 Å². The summed E-state index contributed by atoms with van der Waals surface area (Å²) in [5, 5.41) is 0. The summed E-state index contributed by atoms with van der Waals surface area (Å²) in [5.74, 6) is 2.39. The monoisotopic (exact) mass is 277 g/mol. The molecule has 1 fully saturated rings. The van der Waals surface area contributed by atoms with E-state index in [1.54, 1.807) is 7.11 Å². The quantitative estimate of drug-likeness (QED) is 0.895. The van der Waals surface area contributed by atoms with E-state index in [4.69, 9.17) is 15.2 Å². The van der Waals surface area contributed by atoms with Crippen LogP contribution in [0.5, 0.6) is 5.75 Å². The largest absolute Gasteiger partial charge is 0.496 e. The lowest BCUT2D eigenvalue weighted by molar-refractivity contribution is -0.0455. The molecule has 0 saturated heterocycles. The third-order valence-electron chi connectivity index (χ3n) is 4.61. The Bertz CT molecular complexity index is 421. The lowest BCUT2D eigenvalue weighted by Gasteiger charge is -2.34. The van der Waals surface area contributed by atoms with Crippen LogP contribution in [0.3, 0.4) is 0 Å². The minimum atomic E-state index is -0.0724. The molecule has 1 aliphatic rings. The summed E-state index contributed by atoms with van der Waals surface area (Å²) in [6, 6.07) is 7.99. The van der Waals surface area contributed by atoms with Gasteiger partial charge in [-0.15, -0.1) is 0 Å². The Balaban J connectivity index is 2.05. The predicted molar refractivity (Wildman–Crippen MR) is 81.8 cm³/mol. The minimum Gasteiger partial charge on any atom is -0.496 e. The first kappa shape index (κ1) is 15.3. The molecule has 1 aromatic rings. The van der Waals surface area contributed by atoms with Crippen LogP contribution in [0.25, 0.3) is 0 Å². The number of para-hydroxylation sites is 1. The summed E-state index contributed by atoms with van der Waals surface area (Å²) in [5.41, 5.74) is 6.99. The molecule has 1 aliphatic carbocycles. The Kier molecular flexibility index (Phi) is 5.44. The van der Waals surface area contributed by atoms with E-state index in [9.17, 15) is 0 Å². The van der Waals surface area contributed by atoms with Crippen LogP contribution in [-0.4, -0.2) is 19.8 Å². The Morgan fingerprint density at radius 2 is 1.95 bits per heavy atom. The highest BCUT2D eigenvalue weighted by molar-refractivity contribution is 5.35. The zero-order valence-electron chi connectivity index (χ0n) is 12.8. The van der Waals surface area contributed by atoms with Crippen LogP contribution < -0.4 is 10.5 Å². The fourth-order valence-corrected chi connectivity index (χ4v) is 3.04. The van der Waals surface area contributed by atoms with Gasteiger partial charge in [0.05, 0.1) is 19.3 Å². The van der Waals surface area contributed by atoms with Crippen molar-refractivity contribution in [1.29, 1.82) is 0 Å². The van der Waals surface area contributed by atoms with Gasteiger partial charge >= 0.3 is 0 Å². The van der Waals surface area contributed by atoms with E-state index in [0.29, 0.717) is 12.6 Å². The lowest BCUT2D eigenvalue weighted by atomic mass is 9.80. The first-order valence-corrected chi connectivity index (χ1v) is 7.64. The summed E-state index contributed by atoms with van der Waals surface area (Å²) in [6.45, 7) is 5.14. The first-order chi connectivity index (χ1) is 9.65. The van der Waals surface area contributed by atoms with E-state index in [1.165, 1.54) is 6.42 Å². The van der Waals surface area contributed by atoms with Gasteiger partial charge in [0.2, 0.25) is 0 Å². The van der Waals surface area contributed by atoms with Gasteiger partial charge < -0.3 is 15.2 Å². The van der Waals surface area contributed by atoms with Gasteiger partial charge in [-0.25, -0.2) is 0 Å². The second kappa shape index (κ2) is 7.09. The van der Waals surface area contributed by atoms with Gasteiger partial charge in [-0.05, 0) is 37.2 Å². The minimum absolute atomic E-state index is 0.0724. The summed E-state index contributed by atoms with van der Waals surface area (Å²) >= 11 is 0. The molecule has 20 heavy (non-hydrogen) atoms. The van der Waals surface area contributed by atoms with Crippen molar-refractivity contribution in [1.82, 2.24) is 0 Å². The molecule has 0 spiro atoms. The Morgan fingerprint density at radius 1 is 1.20 bits per heavy atom. The van der Waals surface area contributed by atoms with Gasteiger partial charge in [0.25, 0.3) is 0 Å². The van der Waals surface area contributed by atoms with E-state index < -0.39 is 0 Å².